The van der Waals surface area contributed by atoms with Gasteiger partial charge in [0.15, 0.2) is 0 Å². The Morgan fingerprint density at radius 2 is 1.67 bits per heavy atom. The molecule has 0 heterocycles. The van der Waals surface area contributed by atoms with Gasteiger partial charge in [-0.05, 0) is 81.5 Å². The molecule has 4 saturated carbocycles. The van der Waals surface area contributed by atoms with Crippen LogP contribution in [0.25, 0.3) is 0 Å². The molecule has 0 radical (unpaired) electrons. The predicted molar refractivity (Wildman–Crippen MR) is 72.6 cm³/mol. The fraction of sp³-hybridized carbons (Fsp3) is 0.938. The molecular formula is C16H26N2. The second kappa shape index (κ2) is 4.53. The Morgan fingerprint density at radius 1 is 1.11 bits per heavy atom. The standard InChI is InChI=1S/C16H26N2/c1-16(18,4-5-17)3-2-15-13-7-11-6-12(9-13)10-14(15)8-11/h11-15H,2-4,6-10,18H2,1H3. The van der Waals surface area contributed by atoms with Gasteiger partial charge in [-0.2, -0.15) is 5.26 Å². The van der Waals surface area contributed by atoms with E-state index in [9.17, 15) is 0 Å². The van der Waals surface area contributed by atoms with Crippen LogP contribution >= 0.6 is 0 Å². The van der Waals surface area contributed by atoms with Crippen molar-refractivity contribution in [2.24, 2.45) is 35.3 Å². The first-order chi connectivity index (χ1) is 8.57. The first-order valence-corrected chi connectivity index (χ1v) is 7.73. The molecule has 100 valence electrons. The van der Waals surface area contributed by atoms with Crippen LogP contribution in [0.3, 0.4) is 0 Å². The molecule has 0 amide bonds. The van der Waals surface area contributed by atoms with Crippen LogP contribution in [0.15, 0.2) is 0 Å². The average Bonchev–Trinajstić information content (AvgIpc) is 2.26. The van der Waals surface area contributed by atoms with Crippen LogP contribution in [0.1, 0.15) is 58.3 Å². The lowest BCUT2D eigenvalue weighted by atomic mass is 9.51. The summed E-state index contributed by atoms with van der Waals surface area (Å²) in [4.78, 5) is 0. The van der Waals surface area contributed by atoms with Gasteiger partial charge in [0.25, 0.3) is 0 Å². The summed E-state index contributed by atoms with van der Waals surface area (Å²) >= 11 is 0. The maximum atomic E-state index is 8.81. The summed E-state index contributed by atoms with van der Waals surface area (Å²) in [7, 11) is 0. The molecule has 2 heteroatoms. The predicted octanol–water partition coefficient (Wildman–Crippen LogP) is 3.47. The van der Waals surface area contributed by atoms with Crippen molar-refractivity contribution in [3.05, 3.63) is 0 Å². The van der Waals surface area contributed by atoms with E-state index in [2.05, 4.69) is 6.07 Å². The third-order valence-corrected chi connectivity index (χ3v) is 5.95. The van der Waals surface area contributed by atoms with Crippen molar-refractivity contribution >= 4 is 0 Å². The number of nitrogens with two attached hydrogens (primary N) is 1. The Kier molecular flexibility index (Phi) is 3.14. The van der Waals surface area contributed by atoms with Crippen LogP contribution in [0.2, 0.25) is 0 Å². The van der Waals surface area contributed by atoms with Gasteiger partial charge in [0.2, 0.25) is 0 Å². The lowest BCUT2D eigenvalue weighted by Gasteiger charge is -2.55. The normalized spacial score (nSPS) is 44.6. The molecule has 18 heavy (non-hydrogen) atoms. The minimum absolute atomic E-state index is 0.261. The molecular weight excluding hydrogens is 220 g/mol. The Bertz CT molecular complexity index is 325. The molecule has 4 rings (SSSR count). The van der Waals surface area contributed by atoms with E-state index in [1.54, 1.807) is 0 Å². The van der Waals surface area contributed by atoms with Crippen molar-refractivity contribution in [3.63, 3.8) is 0 Å². The number of rotatable bonds is 4. The topological polar surface area (TPSA) is 49.8 Å². The van der Waals surface area contributed by atoms with E-state index in [1.807, 2.05) is 6.92 Å². The fourth-order valence-electron chi connectivity index (χ4n) is 5.27. The van der Waals surface area contributed by atoms with Gasteiger partial charge in [0.1, 0.15) is 0 Å². The Labute approximate surface area is 111 Å². The lowest BCUT2D eigenvalue weighted by molar-refractivity contribution is -0.0419. The molecule has 0 saturated heterocycles. The maximum absolute atomic E-state index is 8.81. The van der Waals surface area contributed by atoms with Crippen LogP contribution in [0.5, 0.6) is 0 Å². The largest absolute Gasteiger partial charge is 0.324 e. The Morgan fingerprint density at radius 3 is 2.17 bits per heavy atom. The molecule has 2 N–H and O–H groups in total. The second-order valence-electron chi connectivity index (χ2n) is 7.62. The highest BCUT2D eigenvalue weighted by atomic mass is 14.7. The molecule has 0 aromatic carbocycles. The van der Waals surface area contributed by atoms with Gasteiger partial charge in [-0.3, -0.25) is 0 Å². The van der Waals surface area contributed by atoms with Gasteiger partial charge in [0.05, 0.1) is 12.5 Å². The van der Waals surface area contributed by atoms with Crippen LogP contribution in [0.4, 0.5) is 0 Å². The van der Waals surface area contributed by atoms with E-state index in [0.29, 0.717) is 6.42 Å². The van der Waals surface area contributed by atoms with E-state index < -0.39 is 0 Å². The highest BCUT2D eigenvalue weighted by molar-refractivity contribution is 4.99. The Hall–Kier alpha value is -0.550. The molecule has 0 aliphatic heterocycles. The summed E-state index contributed by atoms with van der Waals surface area (Å²) in [6.07, 6.45) is 10.3. The highest BCUT2D eigenvalue weighted by Gasteiger charge is 2.47. The first kappa shape index (κ1) is 12.5. The number of nitriles is 1. The van der Waals surface area contributed by atoms with E-state index >= 15 is 0 Å². The molecule has 0 aromatic heterocycles. The first-order valence-electron chi connectivity index (χ1n) is 7.73. The smallest absolute Gasteiger partial charge is 0.0640 e. The fourth-order valence-corrected chi connectivity index (χ4v) is 5.27. The van der Waals surface area contributed by atoms with Crippen molar-refractivity contribution in [2.45, 2.75) is 63.8 Å². The second-order valence-corrected chi connectivity index (χ2v) is 7.62. The van der Waals surface area contributed by atoms with E-state index in [0.717, 1.165) is 36.0 Å². The molecule has 0 aromatic rings. The molecule has 2 nitrogen and oxygen atoms in total. The Balaban J connectivity index is 1.59. The summed E-state index contributed by atoms with van der Waals surface area (Å²) in [5.74, 6) is 5.05. The summed E-state index contributed by atoms with van der Waals surface area (Å²) < 4.78 is 0. The molecule has 4 fully saturated rings. The zero-order valence-corrected chi connectivity index (χ0v) is 11.6. The van der Waals surface area contributed by atoms with Crippen LogP contribution in [0, 0.1) is 40.9 Å². The van der Waals surface area contributed by atoms with Gasteiger partial charge in [-0.25, -0.2) is 0 Å². The molecule has 4 bridgehead atoms. The van der Waals surface area contributed by atoms with Crippen molar-refractivity contribution in [1.82, 2.24) is 0 Å². The highest BCUT2D eigenvalue weighted by Crippen LogP contribution is 2.57. The molecule has 4 aliphatic carbocycles. The maximum Gasteiger partial charge on any atom is 0.0640 e. The van der Waals surface area contributed by atoms with Crippen molar-refractivity contribution < 1.29 is 0 Å². The van der Waals surface area contributed by atoms with Crippen molar-refractivity contribution in [3.8, 4) is 6.07 Å². The quantitative estimate of drug-likeness (QED) is 0.825. The van der Waals surface area contributed by atoms with E-state index in [1.165, 1.54) is 38.5 Å². The zero-order chi connectivity index (χ0) is 12.8. The summed E-state index contributed by atoms with van der Waals surface area (Å²) in [5.41, 5.74) is 5.95. The summed E-state index contributed by atoms with van der Waals surface area (Å²) in [6.45, 7) is 2.05. The number of hydrogen-bond donors (Lipinski definition) is 1. The van der Waals surface area contributed by atoms with Crippen molar-refractivity contribution in [2.75, 3.05) is 0 Å². The summed E-state index contributed by atoms with van der Waals surface area (Å²) in [5, 5.41) is 8.81. The van der Waals surface area contributed by atoms with Gasteiger partial charge in [-0.1, -0.05) is 0 Å². The van der Waals surface area contributed by atoms with Crippen LogP contribution < -0.4 is 5.73 Å². The molecule has 1 atom stereocenters. The molecule has 1 unspecified atom stereocenters. The minimum atomic E-state index is -0.261. The molecule has 0 spiro atoms. The zero-order valence-electron chi connectivity index (χ0n) is 11.6. The van der Waals surface area contributed by atoms with Gasteiger partial charge < -0.3 is 5.73 Å². The summed E-state index contributed by atoms with van der Waals surface area (Å²) in [6, 6.07) is 2.24. The monoisotopic (exact) mass is 246 g/mol. The van der Waals surface area contributed by atoms with Gasteiger partial charge >= 0.3 is 0 Å². The number of nitrogens with zero attached hydrogens (tertiary/aromatic N) is 1. The third kappa shape index (κ3) is 2.30. The van der Waals surface area contributed by atoms with Crippen LogP contribution in [-0.2, 0) is 0 Å². The SMILES string of the molecule is CC(N)(CC#N)CCC1C2CC3CC(C2)CC1C3. The number of hydrogen-bond acceptors (Lipinski definition) is 2. The minimum Gasteiger partial charge on any atom is -0.324 e. The van der Waals surface area contributed by atoms with Gasteiger partial charge in [-0.15, -0.1) is 0 Å². The third-order valence-electron chi connectivity index (χ3n) is 5.95. The van der Waals surface area contributed by atoms with E-state index in [4.69, 9.17) is 11.0 Å². The van der Waals surface area contributed by atoms with Crippen LogP contribution in [-0.4, -0.2) is 5.54 Å². The van der Waals surface area contributed by atoms with Crippen molar-refractivity contribution in [1.29, 1.82) is 5.26 Å². The average molecular weight is 246 g/mol. The molecule has 4 aliphatic rings. The van der Waals surface area contributed by atoms with E-state index in [-0.39, 0.29) is 5.54 Å². The van der Waals surface area contributed by atoms with Gasteiger partial charge in [0, 0.05) is 5.54 Å². The lowest BCUT2D eigenvalue weighted by Crippen LogP contribution is -2.46.